The summed E-state index contributed by atoms with van der Waals surface area (Å²) in [5, 5.41) is 0. The van der Waals surface area contributed by atoms with E-state index in [0.717, 1.165) is 6.54 Å². The molecular weight excluding hydrogens is 198 g/mol. The summed E-state index contributed by atoms with van der Waals surface area (Å²) in [6, 6.07) is 14.6. The van der Waals surface area contributed by atoms with Crippen LogP contribution in [0.3, 0.4) is 0 Å². The molecule has 0 saturated carbocycles. The van der Waals surface area contributed by atoms with E-state index in [-0.39, 0.29) is 0 Å². The molecular formula is C14H16NO+. The molecule has 0 saturated heterocycles. The minimum atomic E-state index is 0.679. The SMILES string of the molecule is COCc1ccc(C[n+]2ccccc2)cc1. The summed E-state index contributed by atoms with van der Waals surface area (Å²) in [5.41, 5.74) is 2.51. The lowest BCUT2D eigenvalue weighted by Crippen LogP contribution is -2.32. The van der Waals surface area contributed by atoms with E-state index in [1.54, 1.807) is 7.11 Å². The first kappa shape index (κ1) is 10.8. The fraction of sp³-hybridized carbons (Fsp3) is 0.214. The summed E-state index contributed by atoms with van der Waals surface area (Å²) in [4.78, 5) is 0. The van der Waals surface area contributed by atoms with Gasteiger partial charge in [-0.3, -0.25) is 0 Å². The Balaban J connectivity index is 2.05. The second-order valence-corrected chi connectivity index (χ2v) is 3.80. The van der Waals surface area contributed by atoms with Gasteiger partial charge in [-0.2, -0.15) is 0 Å². The van der Waals surface area contributed by atoms with Crippen LogP contribution >= 0.6 is 0 Å². The molecule has 0 fully saturated rings. The second-order valence-electron chi connectivity index (χ2n) is 3.80. The van der Waals surface area contributed by atoms with Gasteiger partial charge in [-0.25, -0.2) is 4.57 Å². The Morgan fingerprint density at radius 2 is 1.56 bits per heavy atom. The van der Waals surface area contributed by atoms with Crippen molar-refractivity contribution >= 4 is 0 Å². The molecule has 0 atom stereocenters. The molecule has 0 bridgehead atoms. The average Bonchev–Trinajstić information content (AvgIpc) is 2.33. The Hall–Kier alpha value is -1.67. The highest BCUT2D eigenvalue weighted by molar-refractivity contribution is 5.21. The van der Waals surface area contributed by atoms with E-state index < -0.39 is 0 Å². The van der Waals surface area contributed by atoms with E-state index in [1.807, 2.05) is 18.2 Å². The number of ether oxygens (including phenoxy) is 1. The predicted octanol–water partition coefficient (Wildman–Crippen LogP) is 2.17. The zero-order chi connectivity index (χ0) is 11.2. The standard InChI is InChI=1S/C14H16NO/c1-16-12-14-7-5-13(6-8-14)11-15-9-3-2-4-10-15/h2-10H,11-12H2,1H3/q+1. The fourth-order valence-corrected chi connectivity index (χ4v) is 1.66. The van der Waals surface area contributed by atoms with E-state index in [1.165, 1.54) is 11.1 Å². The minimum Gasteiger partial charge on any atom is -0.380 e. The van der Waals surface area contributed by atoms with E-state index in [9.17, 15) is 0 Å². The summed E-state index contributed by atoms with van der Waals surface area (Å²) in [5.74, 6) is 0. The van der Waals surface area contributed by atoms with Crippen molar-refractivity contribution in [3.63, 3.8) is 0 Å². The quantitative estimate of drug-likeness (QED) is 0.711. The maximum Gasteiger partial charge on any atom is 0.173 e. The molecule has 2 heteroatoms. The van der Waals surface area contributed by atoms with Gasteiger partial charge in [-0.05, 0) is 5.56 Å². The summed E-state index contributed by atoms with van der Waals surface area (Å²) in [6.45, 7) is 1.59. The second kappa shape index (κ2) is 5.42. The third kappa shape index (κ3) is 2.91. The molecule has 1 aromatic heterocycles. The smallest absolute Gasteiger partial charge is 0.173 e. The van der Waals surface area contributed by atoms with E-state index in [0.29, 0.717) is 6.61 Å². The number of benzene rings is 1. The lowest BCUT2D eigenvalue weighted by atomic mass is 10.1. The van der Waals surface area contributed by atoms with Gasteiger partial charge in [0.2, 0.25) is 0 Å². The van der Waals surface area contributed by atoms with Gasteiger partial charge in [0.25, 0.3) is 0 Å². The van der Waals surface area contributed by atoms with Crippen LogP contribution in [0.1, 0.15) is 11.1 Å². The van der Waals surface area contributed by atoms with Crippen LogP contribution in [0.15, 0.2) is 54.9 Å². The Morgan fingerprint density at radius 1 is 0.938 bits per heavy atom. The molecule has 0 unspecified atom stereocenters. The van der Waals surface area contributed by atoms with Gasteiger partial charge in [0.1, 0.15) is 0 Å². The van der Waals surface area contributed by atoms with Gasteiger partial charge < -0.3 is 4.74 Å². The summed E-state index contributed by atoms with van der Waals surface area (Å²) >= 11 is 0. The van der Waals surface area contributed by atoms with Crippen molar-refractivity contribution in [2.75, 3.05) is 7.11 Å². The first-order valence-electron chi connectivity index (χ1n) is 5.39. The number of nitrogens with zero attached hydrogens (tertiary/aromatic N) is 1. The van der Waals surface area contributed by atoms with Crippen molar-refractivity contribution in [3.8, 4) is 0 Å². The lowest BCUT2D eigenvalue weighted by molar-refractivity contribution is -0.688. The van der Waals surface area contributed by atoms with Crippen LogP contribution in [0.5, 0.6) is 0 Å². The molecule has 16 heavy (non-hydrogen) atoms. The number of pyridine rings is 1. The van der Waals surface area contributed by atoms with Crippen LogP contribution < -0.4 is 4.57 Å². The lowest BCUT2D eigenvalue weighted by Gasteiger charge is -2.01. The van der Waals surface area contributed by atoms with Gasteiger partial charge in [-0.1, -0.05) is 30.3 Å². The minimum absolute atomic E-state index is 0.679. The summed E-state index contributed by atoms with van der Waals surface area (Å²) in [7, 11) is 1.72. The van der Waals surface area contributed by atoms with Crippen molar-refractivity contribution in [1.29, 1.82) is 0 Å². The van der Waals surface area contributed by atoms with Gasteiger partial charge in [0.15, 0.2) is 18.9 Å². The molecule has 0 amide bonds. The molecule has 2 rings (SSSR count). The van der Waals surface area contributed by atoms with Crippen molar-refractivity contribution in [1.82, 2.24) is 0 Å². The number of rotatable bonds is 4. The molecule has 0 aliphatic rings. The van der Waals surface area contributed by atoms with Crippen LogP contribution in [0.25, 0.3) is 0 Å². The predicted molar refractivity (Wildman–Crippen MR) is 62.9 cm³/mol. The maximum absolute atomic E-state index is 5.08. The molecule has 0 radical (unpaired) electrons. The van der Waals surface area contributed by atoms with Crippen molar-refractivity contribution < 1.29 is 9.30 Å². The topological polar surface area (TPSA) is 13.1 Å². The van der Waals surface area contributed by atoms with Gasteiger partial charge in [-0.15, -0.1) is 0 Å². The normalized spacial score (nSPS) is 10.3. The third-order valence-electron chi connectivity index (χ3n) is 2.48. The highest BCUT2D eigenvalue weighted by Crippen LogP contribution is 2.05. The molecule has 1 heterocycles. The monoisotopic (exact) mass is 214 g/mol. The van der Waals surface area contributed by atoms with Crippen LogP contribution in [0.2, 0.25) is 0 Å². The average molecular weight is 214 g/mol. The van der Waals surface area contributed by atoms with Crippen molar-refractivity contribution in [2.24, 2.45) is 0 Å². The van der Waals surface area contributed by atoms with E-state index in [4.69, 9.17) is 4.74 Å². The Labute approximate surface area is 96.1 Å². The number of methoxy groups -OCH3 is 1. The van der Waals surface area contributed by atoms with Crippen molar-refractivity contribution in [3.05, 3.63) is 66.0 Å². The molecule has 0 aliphatic carbocycles. The molecule has 0 N–H and O–H groups in total. The Morgan fingerprint density at radius 3 is 2.19 bits per heavy atom. The van der Waals surface area contributed by atoms with E-state index >= 15 is 0 Å². The highest BCUT2D eigenvalue weighted by atomic mass is 16.5. The van der Waals surface area contributed by atoms with Crippen LogP contribution in [-0.4, -0.2) is 7.11 Å². The maximum atomic E-state index is 5.08. The highest BCUT2D eigenvalue weighted by Gasteiger charge is 2.00. The number of hydrogen-bond acceptors (Lipinski definition) is 1. The largest absolute Gasteiger partial charge is 0.380 e. The van der Waals surface area contributed by atoms with Crippen molar-refractivity contribution in [2.45, 2.75) is 13.2 Å². The van der Waals surface area contributed by atoms with Gasteiger partial charge in [0.05, 0.1) is 6.61 Å². The molecule has 0 aliphatic heterocycles. The number of aromatic nitrogens is 1. The summed E-state index contributed by atoms with van der Waals surface area (Å²) < 4.78 is 7.24. The molecule has 2 aromatic rings. The van der Waals surface area contributed by atoms with Crippen LogP contribution in [0, 0.1) is 0 Å². The Bertz CT molecular complexity index is 422. The Kier molecular flexibility index (Phi) is 3.67. The first-order valence-corrected chi connectivity index (χ1v) is 5.39. The molecule has 1 aromatic carbocycles. The third-order valence-corrected chi connectivity index (χ3v) is 2.48. The first-order chi connectivity index (χ1) is 7.88. The van der Waals surface area contributed by atoms with Crippen LogP contribution in [0.4, 0.5) is 0 Å². The molecule has 2 nitrogen and oxygen atoms in total. The fourth-order valence-electron chi connectivity index (χ4n) is 1.66. The van der Waals surface area contributed by atoms with Gasteiger partial charge >= 0.3 is 0 Å². The number of hydrogen-bond donors (Lipinski definition) is 0. The molecule has 0 spiro atoms. The zero-order valence-corrected chi connectivity index (χ0v) is 9.47. The zero-order valence-electron chi connectivity index (χ0n) is 9.47. The summed E-state index contributed by atoms with van der Waals surface area (Å²) in [6.07, 6.45) is 4.14. The van der Waals surface area contributed by atoms with Gasteiger partial charge in [0, 0.05) is 24.8 Å². The van der Waals surface area contributed by atoms with Crippen LogP contribution in [-0.2, 0) is 17.9 Å². The van der Waals surface area contributed by atoms with E-state index in [2.05, 4.69) is 41.2 Å². The molecule has 82 valence electrons.